The van der Waals surface area contributed by atoms with Crippen LogP contribution in [0.1, 0.15) is 17.5 Å². The number of oxazole rings is 1. The second-order valence-corrected chi connectivity index (χ2v) is 7.33. The molecule has 182 valence electrons. The van der Waals surface area contributed by atoms with Gasteiger partial charge in [-0.1, -0.05) is 12.1 Å². The topological polar surface area (TPSA) is 129 Å². The van der Waals surface area contributed by atoms with Crippen LogP contribution in [-0.4, -0.2) is 29.4 Å². The summed E-state index contributed by atoms with van der Waals surface area (Å²) in [7, 11) is 0. The summed E-state index contributed by atoms with van der Waals surface area (Å²) in [6, 6.07) is 12.4. The van der Waals surface area contributed by atoms with Gasteiger partial charge in [-0.25, -0.2) is 14.6 Å². The van der Waals surface area contributed by atoms with Crippen molar-refractivity contribution in [2.75, 3.05) is 10.6 Å². The van der Waals surface area contributed by atoms with Crippen LogP contribution in [-0.2, 0) is 11.3 Å². The number of anilines is 2. The number of urea groups is 1. The first-order chi connectivity index (χ1) is 16.7. The third-order valence-corrected chi connectivity index (χ3v) is 4.69. The zero-order chi connectivity index (χ0) is 25.4. The van der Waals surface area contributed by atoms with Crippen LogP contribution in [0.5, 0.6) is 0 Å². The number of alkyl carbamates (subject to hydrolysis) is 1. The van der Waals surface area contributed by atoms with Gasteiger partial charge in [0.05, 0.1) is 18.7 Å². The van der Waals surface area contributed by atoms with Crippen molar-refractivity contribution in [3.63, 3.8) is 0 Å². The van der Waals surface area contributed by atoms with Gasteiger partial charge in [0, 0.05) is 23.5 Å². The van der Waals surface area contributed by atoms with Crippen LogP contribution in [0.2, 0.25) is 0 Å². The lowest BCUT2D eigenvalue weighted by atomic mass is 10.1. The predicted octanol–water partition coefficient (Wildman–Crippen LogP) is 5.36. The molecule has 0 aliphatic rings. The molecular weight excluding hydrogens is 467 g/mol. The van der Waals surface area contributed by atoms with Crippen molar-refractivity contribution < 1.29 is 31.9 Å². The fourth-order valence-electron chi connectivity index (χ4n) is 3.07. The molecule has 1 aromatic heterocycles. The predicted molar refractivity (Wildman–Crippen MR) is 119 cm³/mol. The molecule has 3 amide bonds. The number of rotatable bonds is 7. The maximum absolute atomic E-state index is 12.8. The van der Waals surface area contributed by atoms with Crippen molar-refractivity contribution in [3.05, 3.63) is 66.2 Å². The SMILES string of the molecule is Cc1cc(NC(=O)Nc2cccc(CNC(=O)OC(CC#N)C(F)(F)F)c2)ccc1-c1cnco1. The third-order valence-electron chi connectivity index (χ3n) is 4.69. The highest BCUT2D eigenvalue weighted by molar-refractivity contribution is 6.00. The van der Waals surface area contributed by atoms with Gasteiger partial charge in [-0.2, -0.15) is 18.4 Å². The van der Waals surface area contributed by atoms with Crippen LogP contribution >= 0.6 is 0 Å². The number of halogens is 3. The van der Waals surface area contributed by atoms with Crippen LogP contribution in [0.4, 0.5) is 34.1 Å². The number of hydrogen-bond acceptors (Lipinski definition) is 6. The van der Waals surface area contributed by atoms with Crippen molar-refractivity contribution in [1.82, 2.24) is 10.3 Å². The molecule has 0 aliphatic carbocycles. The van der Waals surface area contributed by atoms with Crippen molar-refractivity contribution >= 4 is 23.5 Å². The first-order valence-corrected chi connectivity index (χ1v) is 10.2. The minimum absolute atomic E-state index is 0.157. The highest BCUT2D eigenvalue weighted by atomic mass is 19.4. The van der Waals surface area contributed by atoms with Gasteiger partial charge in [-0.3, -0.25) is 0 Å². The number of nitriles is 1. The van der Waals surface area contributed by atoms with E-state index in [0.717, 1.165) is 11.1 Å². The second-order valence-electron chi connectivity index (χ2n) is 7.33. The van der Waals surface area contributed by atoms with Crippen LogP contribution in [0.3, 0.4) is 0 Å². The molecule has 1 atom stereocenters. The Morgan fingerprint density at radius 2 is 1.91 bits per heavy atom. The number of nitrogens with zero attached hydrogens (tertiary/aromatic N) is 2. The monoisotopic (exact) mass is 487 g/mol. The average molecular weight is 487 g/mol. The molecule has 9 nitrogen and oxygen atoms in total. The highest BCUT2D eigenvalue weighted by Crippen LogP contribution is 2.26. The van der Waals surface area contributed by atoms with Crippen molar-refractivity contribution in [2.24, 2.45) is 0 Å². The van der Waals surface area contributed by atoms with Crippen LogP contribution in [0.15, 0.2) is 59.5 Å². The molecule has 0 radical (unpaired) electrons. The van der Waals surface area contributed by atoms with E-state index in [2.05, 4.69) is 25.7 Å². The number of carbonyl (C=O) groups is 2. The minimum Gasteiger partial charge on any atom is -0.444 e. The fourth-order valence-corrected chi connectivity index (χ4v) is 3.07. The molecule has 2 aromatic carbocycles. The number of alkyl halides is 3. The minimum atomic E-state index is -4.85. The summed E-state index contributed by atoms with van der Waals surface area (Å²) in [5.41, 5.74) is 3.13. The average Bonchev–Trinajstić information content (AvgIpc) is 3.32. The number of ether oxygens (including phenoxy) is 1. The number of amides is 3. The summed E-state index contributed by atoms with van der Waals surface area (Å²) >= 11 is 0. The Bertz CT molecular complexity index is 1220. The Morgan fingerprint density at radius 1 is 1.17 bits per heavy atom. The van der Waals surface area contributed by atoms with Gasteiger partial charge in [0.1, 0.15) is 0 Å². The lowest BCUT2D eigenvalue weighted by Gasteiger charge is -2.18. The molecule has 0 fully saturated rings. The number of hydrogen-bond donors (Lipinski definition) is 3. The third kappa shape index (κ3) is 7.23. The molecule has 3 N–H and O–H groups in total. The highest BCUT2D eigenvalue weighted by Gasteiger charge is 2.42. The summed E-state index contributed by atoms with van der Waals surface area (Å²) in [5.74, 6) is 0.604. The molecule has 1 heterocycles. The second kappa shape index (κ2) is 11.1. The Hall–Kier alpha value is -4.53. The van der Waals surface area contributed by atoms with E-state index in [1.54, 1.807) is 42.6 Å². The molecule has 0 aliphatic heterocycles. The summed E-state index contributed by atoms with van der Waals surface area (Å²) in [4.78, 5) is 28.0. The largest absolute Gasteiger partial charge is 0.444 e. The van der Waals surface area contributed by atoms with E-state index in [1.807, 2.05) is 6.92 Å². The summed E-state index contributed by atoms with van der Waals surface area (Å²) in [5, 5.41) is 16.0. The van der Waals surface area contributed by atoms with Gasteiger partial charge in [0.25, 0.3) is 0 Å². The number of benzene rings is 2. The van der Waals surface area contributed by atoms with Crippen LogP contribution < -0.4 is 16.0 Å². The molecule has 0 saturated heterocycles. The van der Waals surface area contributed by atoms with E-state index in [0.29, 0.717) is 22.7 Å². The molecule has 35 heavy (non-hydrogen) atoms. The number of nitrogens with one attached hydrogen (secondary N) is 3. The molecular formula is C23H20F3N5O4. The molecule has 12 heteroatoms. The van der Waals surface area contributed by atoms with Gasteiger partial charge in [0.15, 0.2) is 12.2 Å². The van der Waals surface area contributed by atoms with E-state index in [-0.39, 0.29) is 6.54 Å². The molecule has 0 bridgehead atoms. The molecule has 3 aromatic rings. The number of aromatic nitrogens is 1. The normalized spacial score (nSPS) is 11.7. The smallest absolute Gasteiger partial charge is 0.426 e. The zero-order valence-corrected chi connectivity index (χ0v) is 18.3. The molecule has 0 spiro atoms. The van der Waals surface area contributed by atoms with Crippen molar-refractivity contribution in [2.45, 2.75) is 32.2 Å². The maximum atomic E-state index is 12.8. The lowest BCUT2D eigenvalue weighted by Crippen LogP contribution is -2.37. The Kier molecular flexibility index (Phi) is 7.93. The van der Waals surface area contributed by atoms with Crippen LogP contribution in [0.25, 0.3) is 11.3 Å². The maximum Gasteiger partial charge on any atom is 0.426 e. The Morgan fingerprint density at radius 3 is 2.54 bits per heavy atom. The van der Waals surface area contributed by atoms with Gasteiger partial charge < -0.3 is 25.1 Å². The summed E-state index contributed by atoms with van der Waals surface area (Å²) in [6.07, 6.45) is -6.77. The van der Waals surface area contributed by atoms with E-state index in [1.165, 1.54) is 18.5 Å². The quantitative estimate of drug-likeness (QED) is 0.411. The van der Waals surface area contributed by atoms with E-state index in [9.17, 15) is 22.8 Å². The standard InChI is InChI=1S/C23H20F3N5O4/c1-14-9-17(5-6-18(14)19-12-28-13-34-19)31-21(32)30-16-4-2-3-15(10-16)11-29-22(33)35-20(7-8-27)23(24,25)26/h2-6,9-10,12-13,20H,7,11H2,1H3,(H,29,33)(H2,30,31,32). The Balaban J connectivity index is 1.54. The summed E-state index contributed by atoms with van der Waals surface area (Å²) < 4.78 is 47.9. The molecule has 1 unspecified atom stereocenters. The molecule has 0 saturated carbocycles. The van der Waals surface area contributed by atoms with E-state index < -0.39 is 30.8 Å². The van der Waals surface area contributed by atoms with Crippen LogP contribution in [0, 0.1) is 18.3 Å². The number of aryl methyl sites for hydroxylation is 1. The van der Waals surface area contributed by atoms with Crippen molar-refractivity contribution in [1.29, 1.82) is 5.26 Å². The van der Waals surface area contributed by atoms with E-state index >= 15 is 0 Å². The Labute approximate surface area is 197 Å². The summed E-state index contributed by atoms with van der Waals surface area (Å²) in [6.45, 7) is 1.70. The van der Waals surface area contributed by atoms with Gasteiger partial charge in [-0.05, 0) is 48.4 Å². The van der Waals surface area contributed by atoms with E-state index in [4.69, 9.17) is 9.68 Å². The van der Waals surface area contributed by atoms with Gasteiger partial charge >= 0.3 is 18.3 Å². The number of carbonyl (C=O) groups excluding carboxylic acids is 2. The van der Waals surface area contributed by atoms with Crippen molar-refractivity contribution in [3.8, 4) is 17.4 Å². The fraction of sp³-hybridized carbons (Fsp3) is 0.217. The lowest BCUT2D eigenvalue weighted by molar-refractivity contribution is -0.201. The van der Waals surface area contributed by atoms with Gasteiger partial charge in [-0.15, -0.1) is 0 Å². The van der Waals surface area contributed by atoms with Gasteiger partial charge in [0.2, 0.25) is 6.10 Å². The first kappa shape index (κ1) is 25.1. The zero-order valence-electron chi connectivity index (χ0n) is 18.3. The molecule has 3 rings (SSSR count). The first-order valence-electron chi connectivity index (χ1n) is 10.2.